The van der Waals surface area contributed by atoms with E-state index in [4.69, 9.17) is 4.74 Å². The highest BCUT2D eigenvalue weighted by atomic mass is 16.5. The number of unbranched alkanes of at least 4 members (excludes halogenated alkanes) is 1. The molecule has 0 radical (unpaired) electrons. The molecule has 0 heterocycles. The predicted octanol–water partition coefficient (Wildman–Crippen LogP) is 3.40. The van der Waals surface area contributed by atoms with E-state index >= 15 is 0 Å². The number of methoxy groups -OCH3 is 1. The number of hydrogen-bond donors (Lipinski definition) is 1. The third kappa shape index (κ3) is 4.95. The number of carbonyl (C=O) groups is 2. The van der Waals surface area contributed by atoms with E-state index in [2.05, 4.69) is 11.9 Å². The molecule has 2 rings (SSSR count). The molecule has 4 nitrogen and oxygen atoms in total. The zero-order chi connectivity index (χ0) is 17.4. The molecule has 0 fully saturated rings. The van der Waals surface area contributed by atoms with E-state index in [0.29, 0.717) is 6.42 Å². The second-order valence-corrected chi connectivity index (χ2v) is 5.72. The van der Waals surface area contributed by atoms with Gasteiger partial charge in [0.25, 0.3) is 0 Å². The molecule has 0 aliphatic rings. The molecule has 4 heteroatoms. The quantitative estimate of drug-likeness (QED) is 0.460. The molecule has 24 heavy (non-hydrogen) atoms. The van der Waals surface area contributed by atoms with Crippen LogP contribution in [0.15, 0.2) is 55.1 Å². The highest BCUT2D eigenvalue weighted by molar-refractivity contribution is 5.87. The van der Waals surface area contributed by atoms with Crippen LogP contribution in [0.4, 0.5) is 0 Å². The number of fused-ring (bicyclic) bond motifs is 1. The molecular formula is C20H23NO3. The van der Waals surface area contributed by atoms with Crippen molar-refractivity contribution in [1.29, 1.82) is 0 Å². The minimum absolute atomic E-state index is 0.181. The predicted molar refractivity (Wildman–Crippen MR) is 95.6 cm³/mol. The van der Waals surface area contributed by atoms with E-state index in [-0.39, 0.29) is 12.3 Å². The largest absolute Gasteiger partial charge is 0.467 e. The topological polar surface area (TPSA) is 55.4 Å². The molecular weight excluding hydrogens is 302 g/mol. The van der Waals surface area contributed by atoms with Gasteiger partial charge < -0.3 is 10.1 Å². The molecule has 0 saturated heterocycles. The molecule has 0 bridgehead atoms. The maximum Gasteiger partial charge on any atom is 0.328 e. The molecule has 2 aromatic rings. The second-order valence-electron chi connectivity index (χ2n) is 5.72. The van der Waals surface area contributed by atoms with Gasteiger partial charge in [0.1, 0.15) is 6.04 Å². The van der Waals surface area contributed by atoms with Crippen molar-refractivity contribution in [3.05, 3.63) is 60.7 Å². The number of allylic oxidation sites excluding steroid dienone is 1. The SMILES string of the molecule is C=CCCC[C@@H](NC(=O)Cc1ccc2ccccc2c1)C(=O)OC. The highest BCUT2D eigenvalue weighted by Crippen LogP contribution is 2.16. The van der Waals surface area contributed by atoms with Gasteiger partial charge in [-0.2, -0.15) is 0 Å². The van der Waals surface area contributed by atoms with Crippen LogP contribution in [0.5, 0.6) is 0 Å². The molecule has 1 N–H and O–H groups in total. The van der Waals surface area contributed by atoms with E-state index in [9.17, 15) is 9.59 Å². The fourth-order valence-electron chi connectivity index (χ4n) is 2.64. The lowest BCUT2D eigenvalue weighted by atomic mass is 10.0. The van der Waals surface area contributed by atoms with Crippen LogP contribution in [0.25, 0.3) is 10.8 Å². The smallest absolute Gasteiger partial charge is 0.328 e. The van der Waals surface area contributed by atoms with E-state index < -0.39 is 12.0 Å². The van der Waals surface area contributed by atoms with Gasteiger partial charge in [-0.3, -0.25) is 4.79 Å². The minimum Gasteiger partial charge on any atom is -0.467 e. The van der Waals surface area contributed by atoms with Gasteiger partial charge in [-0.25, -0.2) is 4.79 Å². The summed E-state index contributed by atoms with van der Waals surface area (Å²) in [6.45, 7) is 3.66. The Labute approximate surface area is 142 Å². The Morgan fingerprint density at radius 3 is 2.67 bits per heavy atom. The molecule has 0 saturated carbocycles. The van der Waals surface area contributed by atoms with Gasteiger partial charge in [0.2, 0.25) is 5.91 Å². The Bertz CT molecular complexity index is 724. The van der Waals surface area contributed by atoms with Crippen LogP contribution in [0, 0.1) is 0 Å². The Morgan fingerprint density at radius 1 is 1.21 bits per heavy atom. The summed E-state index contributed by atoms with van der Waals surface area (Å²) in [5.74, 6) is -0.592. The Kier molecular flexibility index (Phi) is 6.55. The summed E-state index contributed by atoms with van der Waals surface area (Å²) in [5, 5.41) is 5.01. The molecule has 0 aliphatic heterocycles. The van der Waals surface area contributed by atoms with Crippen molar-refractivity contribution in [2.24, 2.45) is 0 Å². The van der Waals surface area contributed by atoms with Crippen LogP contribution in [0.1, 0.15) is 24.8 Å². The monoisotopic (exact) mass is 325 g/mol. The molecule has 1 amide bonds. The summed E-state index contributed by atoms with van der Waals surface area (Å²) >= 11 is 0. The second kappa shape index (κ2) is 8.87. The van der Waals surface area contributed by atoms with Crippen LogP contribution < -0.4 is 5.32 Å². The number of nitrogens with one attached hydrogen (secondary N) is 1. The van der Waals surface area contributed by atoms with Gasteiger partial charge in [-0.1, -0.05) is 48.5 Å². The van der Waals surface area contributed by atoms with Crippen molar-refractivity contribution in [1.82, 2.24) is 5.32 Å². The summed E-state index contributed by atoms with van der Waals surface area (Å²) in [5.41, 5.74) is 0.918. The molecule has 0 aliphatic carbocycles. The third-order valence-corrected chi connectivity index (χ3v) is 3.90. The van der Waals surface area contributed by atoms with E-state index in [1.165, 1.54) is 7.11 Å². The molecule has 0 aromatic heterocycles. The van der Waals surface area contributed by atoms with Gasteiger partial charge in [0.05, 0.1) is 13.5 Å². The van der Waals surface area contributed by atoms with Gasteiger partial charge in [-0.05, 0) is 35.6 Å². The van der Waals surface area contributed by atoms with Gasteiger partial charge in [-0.15, -0.1) is 6.58 Å². The number of hydrogen-bond acceptors (Lipinski definition) is 3. The van der Waals surface area contributed by atoms with Gasteiger partial charge in [0, 0.05) is 0 Å². The van der Waals surface area contributed by atoms with Crippen molar-refractivity contribution >= 4 is 22.6 Å². The standard InChI is InChI=1S/C20H23NO3/c1-3-4-5-10-18(20(23)24-2)21-19(22)14-15-11-12-16-8-6-7-9-17(16)13-15/h3,6-9,11-13,18H,1,4-5,10,14H2,2H3,(H,21,22)/t18-/m1/s1. The lowest BCUT2D eigenvalue weighted by molar-refractivity contribution is -0.145. The van der Waals surface area contributed by atoms with Crippen molar-refractivity contribution in [3.8, 4) is 0 Å². The van der Waals surface area contributed by atoms with Crippen molar-refractivity contribution < 1.29 is 14.3 Å². The van der Waals surface area contributed by atoms with Crippen LogP contribution in [0.2, 0.25) is 0 Å². The summed E-state index contributed by atoms with van der Waals surface area (Å²) in [4.78, 5) is 24.1. The van der Waals surface area contributed by atoms with Crippen LogP contribution in [-0.4, -0.2) is 25.0 Å². The first-order valence-electron chi connectivity index (χ1n) is 8.10. The minimum atomic E-state index is -0.608. The number of carbonyl (C=O) groups excluding carboxylic acids is 2. The van der Waals surface area contributed by atoms with E-state index in [1.54, 1.807) is 6.08 Å². The number of benzene rings is 2. The van der Waals surface area contributed by atoms with Crippen molar-refractivity contribution in [2.75, 3.05) is 7.11 Å². The van der Waals surface area contributed by atoms with Crippen LogP contribution in [0.3, 0.4) is 0 Å². The van der Waals surface area contributed by atoms with Gasteiger partial charge >= 0.3 is 5.97 Å². The van der Waals surface area contributed by atoms with Crippen molar-refractivity contribution in [3.63, 3.8) is 0 Å². The first kappa shape index (κ1) is 17.7. The van der Waals surface area contributed by atoms with Crippen LogP contribution in [-0.2, 0) is 20.7 Å². The Morgan fingerprint density at radius 2 is 1.96 bits per heavy atom. The zero-order valence-electron chi connectivity index (χ0n) is 14.0. The Hall–Kier alpha value is -2.62. The van der Waals surface area contributed by atoms with E-state index in [0.717, 1.165) is 29.2 Å². The number of rotatable bonds is 8. The third-order valence-electron chi connectivity index (χ3n) is 3.90. The lowest BCUT2D eigenvalue weighted by Crippen LogP contribution is -2.42. The number of ether oxygens (including phenoxy) is 1. The Balaban J connectivity index is 2.00. The first-order valence-corrected chi connectivity index (χ1v) is 8.10. The fraction of sp³-hybridized carbons (Fsp3) is 0.300. The molecule has 1 atom stereocenters. The first-order chi connectivity index (χ1) is 11.6. The van der Waals surface area contributed by atoms with E-state index in [1.807, 2.05) is 42.5 Å². The molecule has 2 aromatic carbocycles. The average Bonchev–Trinajstić information content (AvgIpc) is 2.60. The normalized spacial score (nSPS) is 11.7. The summed E-state index contributed by atoms with van der Waals surface area (Å²) < 4.78 is 4.77. The lowest BCUT2D eigenvalue weighted by Gasteiger charge is -2.16. The van der Waals surface area contributed by atoms with Gasteiger partial charge in [0.15, 0.2) is 0 Å². The molecule has 0 unspecified atom stereocenters. The average molecular weight is 325 g/mol. The number of amides is 1. The maximum atomic E-state index is 12.3. The summed E-state index contributed by atoms with van der Waals surface area (Å²) in [7, 11) is 1.33. The van der Waals surface area contributed by atoms with Crippen LogP contribution >= 0.6 is 0 Å². The zero-order valence-corrected chi connectivity index (χ0v) is 14.0. The maximum absolute atomic E-state index is 12.3. The highest BCUT2D eigenvalue weighted by Gasteiger charge is 2.20. The summed E-state index contributed by atoms with van der Waals surface area (Å²) in [6, 6.07) is 13.3. The number of esters is 1. The molecule has 126 valence electrons. The summed E-state index contributed by atoms with van der Waals surface area (Å²) in [6.07, 6.45) is 4.15. The van der Waals surface area contributed by atoms with Crippen molar-refractivity contribution in [2.45, 2.75) is 31.7 Å². The molecule has 0 spiro atoms. The fourth-order valence-corrected chi connectivity index (χ4v) is 2.64.